The molecule has 0 saturated carbocycles. The monoisotopic (exact) mass is 494 g/mol. The average molecular weight is 495 g/mol. The molecule has 0 radical (unpaired) electrons. The van der Waals surface area contributed by atoms with Crippen molar-refractivity contribution in [2.75, 3.05) is 12.4 Å². The van der Waals surface area contributed by atoms with Crippen LogP contribution in [0.5, 0.6) is 11.5 Å². The maximum atomic E-state index is 12.5. The number of hydrogen-bond donors (Lipinski definition) is 2. The molecule has 11 heteroatoms. The summed E-state index contributed by atoms with van der Waals surface area (Å²) in [6.07, 6.45) is 0.780. The van der Waals surface area contributed by atoms with Crippen molar-refractivity contribution in [1.29, 1.82) is 0 Å². The highest BCUT2D eigenvalue weighted by molar-refractivity contribution is 6.34. The number of aromatic nitrogens is 2. The number of nitrogens with zero attached hydrogens (tertiary/aromatic N) is 2. The van der Waals surface area contributed by atoms with E-state index >= 15 is 0 Å². The lowest BCUT2D eigenvalue weighted by molar-refractivity contribution is -0.0512. The quantitative estimate of drug-likeness (QED) is 0.382. The van der Waals surface area contributed by atoms with Crippen molar-refractivity contribution in [1.82, 2.24) is 15.5 Å². The van der Waals surface area contributed by atoms with Crippen LogP contribution in [0.1, 0.15) is 43.4 Å². The van der Waals surface area contributed by atoms with Crippen LogP contribution in [0.3, 0.4) is 0 Å². The fraction of sp³-hybridized carbons (Fsp3) is 0.348. The van der Waals surface area contributed by atoms with Crippen LogP contribution in [0.4, 0.5) is 14.5 Å². The minimum atomic E-state index is -2.97. The van der Waals surface area contributed by atoms with Crippen molar-refractivity contribution >= 4 is 23.2 Å². The average Bonchev–Trinajstić information content (AvgIpc) is 3.26. The molecule has 1 aromatic heterocycles. The first-order valence-corrected chi connectivity index (χ1v) is 10.8. The Balaban J connectivity index is 1.66. The molecule has 1 heterocycles. The highest BCUT2D eigenvalue weighted by Gasteiger charge is 2.21. The number of rotatable bonds is 10. The lowest BCUT2D eigenvalue weighted by atomic mass is 10.0. The third-order valence-electron chi connectivity index (χ3n) is 5.10. The minimum absolute atomic E-state index is 0.0982. The second-order valence-corrected chi connectivity index (χ2v) is 8.40. The number of nitrogens with one attached hydrogen (secondary N) is 2. The zero-order chi connectivity index (χ0) is 24.9. The minimum Gasteiger partial charge on any atom is -0.493 e. The highest BCUT2D eigenvalue weighted by Crippen LogP contribution is 2.32. The van der Waals surface area contributed by atoms with Crippen molar-refractivity contribution in [3.63, 3.8) is 0 Å². The number of amides is 1. The Bertz CT molecular complexity index is 1150. The summed E-state index contributed by atoms with van der Waals surface area (Å²) >= 11 is 6.31. The van der Waals surface area contributed by atoms with E-state index in [1.807, 2.05) is 20.8 Å². The van der Waals surface area contributed by atoms with Gasteiger partial charge in [0.05, 0.1) is 24.2 Å². The maximum absolute atomic E-state index is 12.5. The molecule has 0 unspecified atom stereocenters. The molecule has 0 aliphatic rings. The number of alkyl halides is 2. The van der Waals surface area contributed by atoms with E-state index in [-0.39, 0.29) is 41.2 Å². The highest BCUT2D eigenvalue weighted by atomic mass is 35.5. The standard InChI is InChI=1S/C23H25ClF2N4O4/c1-5-23(2,3)29-21(31)15-8-7-14(11-16(15)24)27-12-19-28-20(30-34-19)13-6-9-17(33-22(25)26)18(10-13)32-4/h6-11,22,27H,5,12H2,1-4H3,(H,29,31). The number of halogens is 3. The molecular weight excluding hydrogens is 470 g/mol. The Morgan fingerprint density at radius 2 is 1.97 bits per heavy atom. The van der Waals surface area contributed by atoms with Crippen LogP contribution in [-0.2, 0) is 6.54 Å². The lowest BCUT2D eigenvalue weighted by Crippen LogP contribution is -2.42. The Kier molecular flexibility index (Phi) is 7.93. The molecule has 0 saturated heterocycles. The molecule has 0 atom stereocenters. The van der Waals surface area contributed by atoms with Gasteiger partial charge in [-0.1, -0.05) is 23.7 Å². The van der Waals surface area contributed by atoms with Gasteiger partial charge in [0.2, 0.25) is 11.7 Å². The van der Waals surface area contributed by atoms with E-state index in [0.29, 0.717) is 21.8 Å². The number of carbonyl (C=O) groups excluding carboxylic acids is 1. The summed E-state index contributed by atoms with van der Waals surface area (Å²) in [5.41, 5.74) is 1.20. The molecule has 0 aliphatic carbocycles. The van der Waals surface area contributed by atoms with Crippen molar-refractivity contribution in [3.05, 3.63) is 52.9 Å². The van der Waals surface area contributed by atoms with Gasteiger partial charge in [-0.25, -0.2) is 0 Å². The van der Waals surface area contributed by atoms with Crippen molar-refractivity contribution in [2.24, 2.45) is 0 Å². The maximum Gasteiger partial charge on any atom is 0.387 e. The van der Waals surface area contributed by atoms with E-state index in [0.717, 1.165) is 6.42 Å². The second-order valence-electron chi connectivity index (χ2n) is 8.00. The fourth-order valence-electron chi connectivity index (χ4n) is 2.89. The normalized spacial score (nSPS) is 11.4. The van der Waals surface area contributed by atoms with E-state index in [1.54, 1.807) is 18.2 Å². The van der Waals surface area contributed by atoms with Gasteiger partial charge in [0, 0.05) is 16.8 Å². The molecule has 8 nitrogen and oxygen atoms in total. The zero-order valence-corrected chi connectivity index (χ0v) is 19.9. The third-order valence-corrected chi connectivity index (χ3v) is 5.41. The predicted molar refractivity (Wildman–Crippen MR) is 124 cm³/mol. The molecule has 1 amide bonds. The topological polar surface area (TPSA) is 98.5 Å². The van der Waals surface area contributed by atoms with Crippen LogP contribution < -0.4 is 20.1 Å². The van der Waals surface area contributed by atoms with Gasteiger partial charge in [-0.05, 0) is 56.7 Å². The molecule has 0 fully saturated rings. The second kappa shape index (κ2) is 10.7. The van der Waals surface area contributed by atoms with Crippen LogP contribution >= 0.6 is 11.6 Å². The number of methoxy groups -OCH3 is 1. The molecule has 3 aromatic rings. The molecule has 0 bridgehead atoms. The van der Waals surface area contributed by atoms with Gasteiger partial charge in [-0.15, -0.1) is 0 Å². The van der Waals surface area contributed by atoms with Crippen molar-refractivity contribution in [2.45, 2.75) is 45.9 Å². The van der Waals surface area contributed by atoms with Crippen LogP contribution in [0.25, 0.3) is 11.4 Å². The van der Waals surface area contributed by atoms with Gasteiger partial charge in [-0.3, -0.25) is 4.79 Å². The Morgan fingerprint density at radius 3 is 2.62 bits per heavy atom. The van der Waals surface area contributed by atoms with E-state index in [2.05, 4.69) is 25.5 Å². The number of ether oxygens (including phenoxy) is 2. The molecule has 182 valence electrons. The number of carbonyl (C=O) groups is 1. The summed E-state index contributed by atoms with van der Waals surface area (Å²) in [4.78, 5) is 16.8. The number of benzene rings is 2. The molecule has 2 aromatic carbocycles. The van der Waals surface area contributed by atoms with Gasteiger partial charge in [0.25, 0.3) is 5.91 Å². The zero-order valence-electron chi connectivity index (χ0n) is 19.1. The summed E-state index contributed by atoms with van der Waals surface area (Å²) in [6.45, 7) is 3.10. The van der Waals surface area contributed by atoms with Gasteiger partial charge in [0.1, 0.15) is 0 Å². The smallest absolute Gasteiger partial charge is 0.387 e. The van der Waals surface area contributed by atoms with E-state index in [1.165, 1.54) is 25.3 Å². The SMILES string of the molecule is CCC(C)(C)NC(=O)c1ccc(NCc2nc(-c3ccc(OC(F)F)c(OC)c3)no2)cc1Cl. The Hall–Kier alpha value is -3.40. The fourth-order valence-corrected chi connectivity index (χ4v) is 3.16. The summed E-state index contributed by atoms with van der Waals surface area (Å²) in [6, 6.07) is 9.34. The first-order chi connectivity index (χ1) is 16.1. The third kappa shape index (κ3) is 6.34. The van der Waals surface area contributed by atoms with Gasteiger partial charge in [-0.2, -0.15) is 13.8 Å². The largest absolute Gasteiger partial charge is 0.493 e. The van der Waals surface area contributed by atoms with Gasteiger partial charge >= 0.3 is 6.61 Å². The first-order valence-electron chi connectivity index (χ1n) is 10.4. The molecule has 0 spiro atoms. The Morgan fingerprint density at radius 1 is 1.21 bits per heavy atom. The van der Waals surface area contributed by atoms with Crippen LogP contribution in [0, 0.1) is 0 Å². The Labute approximate surface area is 200 Å². The first kappa shape index (κ1) is 25.2. The van der Waals surface area contributed by atoms with Crippen LogP contribution in [0.2, 0.25) is 5.02 Å². The van der Waals surface area contributed by atoms with Crippen LogP contribution in [0.15, 0.2) is 40.9 Å². The van der Waals surface area contributed by atoms with Crippen LogP contribution in [-0.4, -0.2) is 35.3 Å². The lowest BCUT2D eigenvalue weighted by Gasteiger charge is -2.24. The predicted octanol–water partition coefficient (Wildman–Crippen LogP) is 5.53. The molecule has 2 N–H and O–H groups in total. The summed E-state index contributed by atoms with van der Waals surface area (Å²) < 4.78 is 39.8. The molecule has 34 heavy (non-hydrogen) atoms. The molecule has 0 aliphatic heterocycles. The number of hydrogen-bond acceptors (Lipinski definition) is 7. The number of anilines is 1. The van der Waals surface area contributed by atoms with E-state index < -0.39 is 6.61 Å². The molecular formula is C23H25ClF2N4O4. The van der Waals surface area contributed by atoms with Crippen molar-refractivity contribution in [3.8, 4) is 22.9 Å². The summed E-state index contributed by atoms with van der Waals surface area (Å²) in [5, 5.41) is 10.3. The van der Waals surface area contributed by atoms with E-state index in [9.17, 15) is 13.6 Å². The summed E-state index contributed by atoms with van der Waals surface area (Å²) in [7, 11) is 1.34. The van der Waals surface area contributed by atoms with Gasteiger partial charge < -0.3 is 24.6 Å². The summed E-state index contributed by atoms with van der Waals surface area (Å²) in [5.74, 6) is 0.305. The molecule has 3 rings (SSSR count). The van der Waals surface area contributed by atoms with Gasteiger partial charge in [0.15, 0.2) is 11.5 Å². The van der Waals surface area contributed by atoms with E-state index in [4.69, 9.17) is 20.9 Å². The van der Waals surface area contributed by atoms with Crippen molar-refractivity contribution < 1.29 is 27.6 Å².